The van der Waals surface area contributed by atoms with E-state index in [-0.39, 0.29) is 35.6 Å². The van der Waals surface area contributed by atoms with Crippen molar-refractivity contribution in [3.63, 3.8) is 0 Å². The van der Waals surface area contributed by atoms with Gasteiger partial charge in [0.15, 0.2) is 8.32 Å². The summed E-state index contributed by atoms with van der Waals surface area (Å²) in [4.78, 5) is 28.2. The standard InChI is InChI=1S/C44H64N2O7Si/c1-43(2,3)54(6,7)53-40-31-37(46(32-40)42(49)20-14-9-15-29-45-41(48)19-13-10-16-30-47)33-52-44(34-17-11-8-12-18-34,35-21-25-38(50-4)26-22-35)36-23-27-39(51-5)28-24-36/h8,11-12,17-18,21-28,37,40,47H,9-10,13-16,19-20,29-33H2,1-7H3,(H,45,48)/t37-,40+/m0/s1. The normalized spacial score (nSPS) is 16.3. The molecule has 4 rings (SSSR count). The third-order valence-electron chi connectivity index (χ3n) is 11.1. The van der Waals surface area contributed by atoms with Gasteiger partial charge in [0.05, 0.1) is 33.0 Å². The lowest BCUT2D eigenvalue weighted by Crippen LogP contribution is -2.45. The topological polar surface area (TPSA) is 107 Å². The highest BCUT2D eigenvalue weighted by Crippen LogP contribution is 2.43. The van der Waals surface area contributed by atoms with Crippen molar-refractivity contribution in [2.45, 2.75) is 114 Å². The zero-order chi connectivity index (χ0) is 39.2. The van der Waals surface area contributed by atoms with Crippen molar-refractivity contribution >= 4 is 20.1 Å². The first-order chi connectivity index (χ1) is 25.8. The first kappa shape index (κ1) is 43.0. The van der Waals surface area contributed by atoms with E-state index >= 15 is 0 Å². The SMILES string of the molecule is COc1ccc(C(OC[C@@H]2C[C@@H](O[Si](C)(C)C(C)(C)C)CN2C(=O)CCCCCNC(=O)CCCCCO)(c2ccccc2)c2ccc(OC)cc2)cc1. The third-order valence-corrected chi connectivity index (χ3v) is 15.6. The highest BCUT2D eigenvalue weighted by molar-refractivity contribution is 6.74. The summed E-state index contributed by atoms with van der Waals surface area (Å²) >= 11 is 0. The molecular formula is C44H64N2O7Si. The van der Waals surface area contributed by atoms with Gasteiger partial charge < -0.3 is 34.0 Å². The van der Waals surface area contributed by atoms with E-state index in [1.807, 2.05) is 47.4 Å². The minimum absolute atomic E-state index is 0.0382. The molecule has 0 unspecified atom stereocenters. The number of hydrogen-bond donors (Lipinski definition) is 2. The Hall–Kier alpha value is -3.70. The Morgan fingerprint density at radius 3 is 1.89 bits per heavy atom. The van der Waals surface area contributed by atoms with Gasteiger partial charge in [0, 0.05) is 32.5 Å². The Morgan fingerprint density at radius 2 is 1.33 bits per heavy atom. The van der Waals surface area contributed by atoms with Crippen LogP contribution in [0, 0.1) is 0 Å². The number of likely N-dealkylation sites (tertiary alicyclic amines) is 1. The Bertz CT molecular complexity index is 1530. The number of aliphatic hydroxyl groups is 1. The molecule has 3 aromatic carbocycles. The Balaban J connectivity index is 1.56. The minimum Gasteiger partial charge on any atom is -0.497 e. The van der Waals surface area contributed by atoms with E-state index in [2.05, 4.69) is 75.6 Å². The number of ether oxygens (including phenoxy) is 3. The molecule has 1 saturated heterocycles. The molecule has 0 aromatic heterocycles. The molecule has 2 N–H and O–H groups in total. The van der Waals surface area contributed by atoms with Crippen LogP contribution in [-0.2, 0) is 24.4 Å². The minimum atomic E-state index is -2.11. The number of methoxy groups -OCH3 is 2. The second kappa shape index (κ2) is 20.3. The molecule has 1 aliphatic heterocycles. The highest BCUT2D eigenvalue weighted by Gasteiger charge is 2.45. The van der Waals surface area contributed by atoms with Crippen LogP contribution in [0.1, 0.15) is 95.2 Å². The summed E-state index contributed by atoms with van der Waals surface area (Å²) in [5, 5.41) is 12.0. The van der Waals surface area contributed by atoms with E-state index in [1.165, 1.54) is 0 Å². The smallest absolute Gasteiger partial charge is 0.222 e. The van der Waals surface area contributed by atoms with Crippen molar-refractivity contribution in [1.29, 1.82) is 0 Å². The average Bonchev–Trinajstić information content (AvgIpc) is 3.57. The maximum absolute atomic E-state index is 14.1. The number of carbonyl (C=O) groups excluding carboxylic acids is 2. The monoisotopic (exact) mass is 760 g/mol. The summed E-state index contributed by atoms with van der Waals surface area (Å²) in [6, 6.07) is 26.1. The fourth-order valence-electron chi connectivity index (χ4n) is 6.92. The molecule has 3 aromatic rings. The maximum Gasteiger partial charge on any atom is 0.222 e. The largest absolute Gasteiger partial charge is 0.497 e. The number of hydrogen-bond acceptors (Lipinski definition) is 7. The van der Waals surface area contributed by atoms with Gasteiger partial charge in [-0.15, -0.1) is 0 Å². The number of nitrogens with one attached hydrogen (secondary N) is 1. The van der Waals surface area contributed by atoms with Gasteiger partial charge >= 0.3 is 0 Å². The van der Waals surface area contributed by atoms with E-state index in [0.717, 1.165) is 66.7 Å². The summed E-state index contributed by atoms with van der Waals surface area (Å²) < 4.78 is 25.3. The van der Waals surface area contributed by atoms with Crippen LogP contribution in [0.3, 0.4) is 0 Å². The predicted molar refractivity (Wildman–Crippen MR) is 217 cm³/mol. The predicted octanol–water partition coefficient (Wildman–Crippen LogP) is 8.23. The molecule has 1 heterocycles. The summed E-state index contributed by atoms with van der Waals surface area (Å²) in [5.41, 5.74) is 1.88. The summed E-state index contributed by atoms with van der Waals surface area (Å²) in [5.74, 6) is 1.67. The number of aliphatic hydroxyl groups excluding tert-OH is 1. The summed E-state index contributed by atoms with van der Waals surface area (Å²) in [6.07, 6.45) is 6.31. The molecule has 0 spiro atoms. The van der Waals surface area contributed by atoms with Crippen LogP contribution < -0.4 is 14.8 Å². The van der Waals surface area contributed by atoms with Crippen LogP contribution in [0.2, 0.25) is 18.1 Å². The quantitative estimate of drug-likeness (QED) is 0.0641. The van der Waals surface area contributed by atoms with Crippen LogP contribution in [0.15, 0.2) is 78.9 Å². The van der Waals surface area contributed by atoms with Gasteiger partial charge in [0.25, 0.3) is 0 Å². The van der Waals surface area contributed by atoms with Crippen LogP contribution in [0.4, 0.5) is 0 Å². The van der Waals surface area contributed by atoms with Crippen molar-refractivity contribution in [2.24, 2.45) is 0 Å². The number of nitrogens with zero attached hydrogens (tertiary/aromatic N) is 1. The van der Waals surface area contributed by atoms with Gasteiger partial charge in [-0.1, -0.05) is 88.2 Å². The van der Waals surface area contributed by atoms with E-state index in [1.54, 1.807) is 14.2 Å². The van der Waals surface area contributed by atoms with Crippen LogP contribution >= 0.6 is 0 Å². The van der Waals surface area contributed by atoms with Gasteiger partial charge in [0.1, 0.15) is 17.1 Å². The van der Waals surface area contributed by atoms with Crippen molar-refractivity contribution in [2.75, 3.05) is 40.5 Å². The zero-order valence-corrected chi connectivity index (χ0v) is 34.7. The second-order valence-electron chi connectivity index (χ2n) is 15.9. The maximum atomic E-state index is 14.1. The van der Waals surface area contributed by atoms with Gasteiger partial charge in [0.2, 0.25) is 11.8 Å². The first-order valence-electron chi connectivity index (χ1n) is 19.7. The summed E-state index contributed by atoms with van der Waals surface area (Å²) in [7, 11) is 1.21. The van der Waals surface area contributed by atoms with E-state index in [9.17, 15) is 9.59 Å². The van der Waals surface area contributed by atoms with E-state index in [0.29, 0.717) is 39.0 Å². The molecule has 10 heteroatoms. The lowest BCUT2D eigenvalue weighted by molar-refractivity contribution is -0.134. The van der Waals surface area contributed by atoms with Gasteiger partial charge in [-0.3, -0.25) is 9.59 Å². The molecular weight excluding hydrogens is 697 g/mol. The van der Waals surface area contributed by atoms with Crippen LogP contribution in [0.5, 0.6) is 11.5 Å². The molecule has 0 aliphatic carbocycles. The molecule has 2 atom stereocenters. The number of amides is 2. The molecule has 1 fully saturated rings. The molecule has 1 aliphatic rings. The highest BCUT2D eigenvalue weighted by atomic mass is 28.4. The summed E-state index contributed by atoms with van der Waals surface area (Å²) in [6.45, 7) is 12.9. The van der Waals surface area contributed by atoms with Crippen LogP contribution in [0.25, 0.3) is 0 Å². The first-order valence-corrected chi connectivity index (χ1v) is 22.6. The zero-order valence-electron chi connectivity index (χ0n) is 33.7. The number of rotatable bonds is 21. The molecule has 0 bridgehead atoms. The molecule has 0 saturated carbocycles. The Morgan fingerprint density at radius 1 is 0.778 bits per heavy atom. The average molecular weight is 761 g/mol. The van der Waals surface area contributed by atoms with Crippen LogP contribution in [-0.4, -0.2) is 82.8 Å². The molecule has 9 nitrogen and oxygen atoms in total. The molecule has 54 heavy (non-hydrogen) atoms. The van der Waals surface area contributed by atoms with Gasteiger partial charge in [-0.25, -0.2) is 0 Å². The number of carbonyl (C=O) groups is 2. The van der Waals surface area contributed by atoms with Gasteiger partial charge in [-0.05, 0) is 91.2 Å². The van der Waals surface area contributed by atoms with Crippen molar-refractivity contribution in [1.82, 2.24) is 10.2 Å². The van der Waals surface area contributed by atoms with Gasteiger partial charge in [-0.2, -0.15) is 0 Å². The molecule has 2 amide bonds. The van der Waals surface area contributed by atoms with E-state index in [4.69, 9.17) is 23.7 Å². The number of unbranched alkanes of at least 4 members (excludes halogenated alkanes) is 4. The fourth-order valence-corrected chi connectivity index (χ4v) is 8.28. The Labute approximate surface area is 324 Å². The molecule has 296 valence electrons. The van der Waals surface area contributed by atoms with Crippen molar-refractivity contribution in [3.8, 4) is 11.5 Å². The van der Waals surface area contributed by atoms with E-state index < -0.39 is 13.9 Å². The third kappa shape index (κ3) is 11.4. The van der Waals surface area contributed by atoms with Crippen molar-refractivity contribution in [3.05, 3.63) is 95.6 Å². The molecule has 0 radical (unpaired) electrons. The lowest BCUT2D eigenvalue weighted by atomic mass is 9.80. The number of benzene rings is 3. The lowest BCUT2D eigenvalue weighted by Gasteiger charge is -2.38. The fraction of sp³-hybridized carbons (Fsp3) is 0.545. The Kier molecular flexibility index (Phi) is 16.2. The van der Waals surface area contributed by atoms with Crippen molar-refractivity contribution < 1.29 is 33.3 Å². The second-order valence-corrected chi connectivity index (χ2v) is 20.7.